The number of carbonyl (C=O) groups is 2. The van der Waals surface area contributed by atoms with Gasteiger partial charge >= 0.3 is 11.9 Å². The molecule has 2 fully saturated rings. The normalized spacial score (nSPS) is 35.7. The first-order valence-corrected chi connectivity index (χ1v) is 9.52. The lowest BCUT2D eigenvalue weighted by Gasteiger charge is -2.35. The fraction of sp³-hybridized carbons (Fsp3) is 0.895. The predicted octanol–water partition coefficient (Wildman–Crippen LogP) is 2.82. The molecule has 2 rings (SSSR count). The van der Waals surface area contributed by atoms with Crippen LogP contribution in [0.25, 0.3) is 0 Å². The van der Waals surface area contributed by atoms with Gasteiger partial charge < -0.3 is 15.5 Å². The number of nitrogens with zero attached hydrogens (tertiary/aromatic N) is 1. The molecule has 3 N–H and O–H groups in total. The molecule has 0 aromatic carbocycles. The summed E-state index contributed by atoms with van der Waals surface area (Å²) in [6, 6.07) is 0. The summed E-state index contributed by atoms with van der Waals surface area (Å²) in [5, 5.41) is 21.1. The van der Waals surface area contributed by atoms with Crippen molar-refractivity contribution in [3.8, 4) is 0 Å². The molecule has 6 nitrogen and oxygen atoms in total. The van der Waals surface area contributed by atoms with Crippen molar-refractivity contribution in [2.75, 3.05) is 20.1 Å². The molecule has 2 unspecified atom stereocenters. The fourth-order valence-electron chi connectivity index (χ4n) is 4.04. The van der Waals surface area contributed by atoms with Crippen molar-refractivity contribution >= 4 is 11.9 Å². The molecule has 2 aliphatic heterocycles. The van der Waals surface area contributed by atoms with Gasteiger partial charge in [0.2, 0.25) is 0 Å². The van der Waals surface area contributed by atoms with Crippen molar-refractivity contribution < 1.29 is 19.8 Å². The lowest BCUT2D eigenvalue weighted by molar-refractivity contribution is -0.148. The first-order valence-electron chi connectivity index (χ1n) is 9.52. The Kier molecular flexibility index (Phi) is 7.88. The summed E-state index contributed by atoms with van der Waals surface area (Å²) >= 11 is 0. The molecule has 0 amide bonds. The third-order valence-corrected chi connectivity index (χ3v) is 6.03. The van der Waals surface area contributed by atoms with Crippen LogP contribution in [0.15, 0.2) is 0 Å². The van der Waals surface area contributed by atoms with Crippen LogP contribution in [0.3, 0.4) is 0 Å². The van der Waals surface area contributed by atoms with Crippen molar-refractivity contribution in [2.45, 2.75) is 77.3 Å². The number of nitrogens with one attached hydrogen (secondary N) is 1. The van der Waals surface area contributed by atoms with E-state index in [-0.39, 0.29) is 0 Å². The second-order valence-corrected chi connectivity index (χ2v) is 8.15. The molecule has 0 saturated carbocycles. The van der Waals surface area contributed by atoms with E-state index >= 15 is 0 Å². The topological polar surface area (TPSA) is 89.9 Å². The highest BCUT2D eigenvalue weighted by Crippen LogP contribution is 2.34. The summed E-state index contributed by atoms with van der Waals surface area (Å²) in [6.45, 7) is 9.63. The number of likely N-dealkylation sites (N-methyl/N-ethyl adjacent to an activating group) is 1. The van der Waals surface area contributed by atoms with Crippen LogP contribution >= 0.6 is 0 Å². The van der Waals surface area contributed by atoms with Gasteiger partial charge in [-0.3, -0.25) is 14.5 Å². The maximum absolute atomic E-state index is 11.0. The Bertz CT molecular complexity index is 470. The fourth-order valence-corrected chi connectivity index (χ4v) is 4.04. The summed E-state index contributed by atoms with van der Waals surface area (Å²) in [6.07, 6.45) is 6.05. The number of piperidine rings is 1. The number of hydrogen-bond donors (Lipinski definition) is 3. The molecule has 4 atom stereocenters. The highest BCUT2D eigenvalue weighted by Gasteiger charge is 2.45. The van der Waals surface area contributed by atoms with E-state index in [4.69, 9.17) is 10.2 Å². The zero-order chi connectivity index (χ0) is 19.3. The van der Waals surface area contributed by atoms with Crippen molar-refractivity contribution in [1.29, 1.82) is 0 Å². The predicted molar refractivity (Wildman–Crippen MR) is 98.7 cm³/mol. The largest absolute Gasteiger partial charge is 0.480 e. The van der Waals surface area contributed by atoms with Crippen molar-refractivity contribution in [3.05, 3.63) is 0 Å². The Morgan fingerprint density at radius 2 is 1.76 bits per heavy atom. The van der Waals surface area contributed by atoms with Gasteiger partial charge in [0.1, 0.15) is 11.1 Å². The smallest absolute Gasteiger partial charge is 0.323 e. The van der Waals surface area contributed by atoms with E-state index in [1.807, 2.05) is 18.9 Å². The molecule has 146 valence electrons. The quantitative estimate of drug-likeness (QED) is 0.702. The lowest BCUT2D eigenvalue weighted by atomic mass is 9.82. The molecule has 0 radical (unpaired) electrons. The van der Waals surface area contributed by atoms with Gasteiger partial charge in [-0.1, -0.05) is 26.7 Å². The van der Waals surface area contributed by atoms with Crippen molar-refractivity contribution in [3.63, 3.8) is 0 Å². The number of carboxylic acids is 2. The molecular formula is C19H36N2O4. The molecule has 6 heteroatoms. The third kappa shape index (κ3) is 5.42. The van der Waals surface area contributed by atoms with E-state index in [1.54, 1.807) is 6.92 Å². The van der Waals surface area contributed by atoms with E-state index in [9.17, 15) is 9.59 Å². The molecule has 0 bridgehead atoms. The first kappa shape index (κ1) is 21.9. The van der Waals surface area contributed by atoms with E-state index in [0.717, 1.165) is 51.6 Å². The SMILES string of the molecule is CCC1CCNC(C)(C(=O)O)C1.CCC[C@@H]1CN(C)[C@](C)(C(=O)O)C1. The molecule has 2 aliphatic rings. The van der Waals surface area contributed by atoms with Gasteiger partial charge in [-0.15, -0.1) is 0 Å². The third-order valence-electron chi connectivity index (χ3n) is 6.03. The van der Waals surface area contributed by atoms with Crippen LogP contribution < -0.4 is 5.32 Å². The summed E-state index contributed by atoms with van der Waals surface area (Å²) in [5.41, 5.74) is -1.31. The number of likely N-dealkylation sites (tertiary alicyclic amines) is 1. The van der Waals surface area contributed by atoms with Crippen LogP contribution in [0, 0.1) is 11.8 Å². The Morgan fingerprint density at radius 1 is 1.12 bits per heavy atom. The van der Waals surface area contributed by atoms with Crippen LogP contribution in [-0.4, -0.2) is 58.3 Å². The van der Waals surface area contributed by atoms with Crippen LogP contribution in [-0.2, 0) is 9.59 Å². The Hall–Kier alpha value is -1.14. The summed E-state index contributed by atoms with van der Waals surface area (Å²) in [4.78, 5) is 23.9. The van der Waals surface area contributed by atoms with Crippen LogP contribution in [0.4, 0.5) is 0 Å². The molecule has 2 heterocycles. The molecule has 0 spiro atoms. The van der Waals surface area contributed by atoms with Gasteiger partial charge in [-0.25, -0.2) is 0 Å². The average Bonchev–Trinajstić information content (AvgIpc) is 2.84. The standard InChI is InChI=1S/C10H19NO2.C9H17NO2/c1-4-5-8-6-10(2,9(12)13)11(3)7-8;1-3-7-4-5-10-9(2,6-7)8(11)12/h8H,4-7H2,1-3H3,(H,12,13);7,10H,3-6H2,1-2H3,(H,11,12)/t8-,10-;/m0./s1. The van der Waals surface area contributed by atoms with E-state index in [0.29, 0.717) is 11.8 Å². The van der Waals surface area contributed by atoms with Gasteiger partial charge in [0.05, 0.1) is 0 Å². The zero-order valence-corrected chi connectivity index (χ0v) is 16.5. The maximum Gasteiger partial charge on any atom is 0.323 e. The minimum atomic E-state index is -0.722. The van der Waals surface area contributed by atoms with Crippen molar-refractivity contribution in [1.82, 2.24) is 10.2 Å². The molecule has 0 aromatic heterocycles. The van der Waals surface area contributed by atoms with Gasteiger partial charge in [0, 0.05) is 6.54 Å². The van der Waals surface area contributed by atoms with Crippen molar-refractivity contribution in [2.24, 2.45) is 11.8 Å². The Labute approximate surface area is 152 Å². The van der Waals surface area contributed by atoms with Gasteiger partial charge in [-0.05, 0) is 65.0 Å². The maximum atomic E-state index is 11.0. The highest BCUT2D eigenvalue weighted by molar-refractivity contribution is 5.79. The average molecular weight is 357 g/mol. The zero-order valence-electron chi connectivity index (χ0n) is 16.5. The minimum absolute atomic E-state index is 0.566. The Morgan fingerprint density at radius 3 is 2.20 bits per heavy atom. The summed E-state index contributed by atoms with van der Waals surface area (Å²) < 4.78 is 0. The second-order valence-electron chi connectivity index (χ2n) is 8.15. The lowest BCUT2D eigenvalue weighted by Crippen LogP contribution is -2.54. The van der Waals surface area contributed by atoms with Crippen LogP contribution in [0.1, 0.15) is 66.2 Å². The van der Waals surface area contributed by atoms with Crippen LogP contribution in [0.5, 0.6) is 0 Å². The monoisotopic (exact) mass is 356 g/mol. The number of carboxylic acid groups (broad SMARTS) is 2. The summed E-state index contributed by atoms with van der Waals surface area (Å²) in [5.74, 6) is -0.266. The van der Waals surface area contributed by atoms with E-state index in [2.05, 4.69) is 19.2 Å². The van der Waals surface area contributed by atoms with Gasteiger partial charge in [-0.2, -0.15) is 0 Å². The van der Waals surface area contributed by atoms with E-state index in [1.165, 1.54) is 0 Å². The Balaban J connectivity index is 0.000000251. The first-order chi connectivity index (χ1) is 11.6. The minimum Gasteiger partial charge on any atom is -0.480 e. The van der Waals surface area contributed by atoms with Gasteiger partial charge in [0.15, 0.2) is 0 Å². The number of hydrogen-bond acceptors (Lipinski definition) is 4. The summed E-state index contributed by atoms with van der Waals surface area (Å²) in [7, 11) is 1.91. The highest BCUT2D eigenvalue weighted by atomic mass is 16.4. The van der Waals surface area contributed by atoms with Gasteiger partial charge in [0.25, 0.3) is 0 Å². The van der Waals surface area contributed by atoms with Crippen LogP contribution in [0.2, 0.25) is 0 Å². The molecule has 2 saturated heterocycles. The molecule has 0 aromatic rings. The molecular weight excluding hydrogens is 320 g/mol. The molecule has 25 heavy (non-hydrogen) atoms. The van der Waals surface area contributed by atoms with E-state index < -0.39 is 23.0 Å². The molecule has 0 aliphatic carbocycles. The second kappa shape index (κ2) is 8.99. The number of aliphatic carboxylic acids is 2. The number of rotatable bonds is 5.